The summed E-state index contributed by atoms with van der Waals surface area (Å²) in [5.74, 6) is -0.322. The zero-order chi connectivity index (χ0) is 11.6. The molecule has 0 saturated heterocycles. The maximum Gasteiger partial charge on any atom is 0.261 e. The molecule has 0 aliphatic carbocycles. The first-order valence-electron chi connectivity index (χ1n) is 4.17. The Morgan fingerprint density at radius 3 is 2.53 bits per heavy atom. The summed E-state index contributed by atoms with van der Waals surface area (Å²) in [4.78, 5) is 11.4. The van der Waals surface area contributed by atoms with Crippen molar-refractivity contribution in [2.45, 2.75) is 17.9 Å². The Hall–Kier alpha value is -0.910. The van der Waals surface area contributed by atoms with E-state index in [0.717, 1.165) is 0 Å². The molecule has 0 heterocycles. The zero-order valence-corrected chi connectivity index (χ0v) is 9.55. The molecule has 0 spiro atoms. The number of carbonyl (C=O) groups excluding carboxylic acids is 1. The summed E-state index contributed by atoms with van der Waals surface area (Å²) < 4.78 is 22.0. The Morgan fingerprint density at radius 1 is 1.47 bits per heavy atom. The van der Waals surface area contributed by atoms with Crippen molar-refractivity contribution in [3.63, 3.8) is 0 Å². The summed E-state index contributed by atoms with van der Waals surface area (Å²) in [5.41, 5.74) is 5.64. The van der Waals surface area contributed by atoms with Crippen molar-refractivity contribution in [3.05, 3.63) is 29.8 Å². The third kappa shape index (κ3) is 3.02. The van der Waals surface area contributed by atoms with Gasteiger partial charge in [-0.15, -0.1) is 0 Å². The van der Waals surface area contributed by atoms with E-state index in [4.69, 9.17) is 16.4 Å². The highest BCUT2D eigenvalue weighted by Gasteiger charge is 2.15. The lowest BCUT2D eigenvalue weighted by molar-refractivity contribution is 0.0968. The first-order valence-corrected chi connectivity index (χ1v) is 6.48. The summed E-state index contributed by atoms with van der Waals surface area (Å²) in [6, 6.07) is 4.81. The van der Waals surface area contributed by atoms with Gasteiger partial charge in [-0.05, 0) is 19.1 Å². The number of nitrogens with two attached hydrogens (primary N) is 1. The van der Waals surface area contributed by atoms with Gasteiger partial charge in [0, 0.05) is 16.2 Å². The van der Waals surface area contributed by atoms with Crippen molar-refractivity contribution < 1.29 is 13.2 Å². The smallest absolute Gasteiger partial charge is 0.261 e. The number of benzene rings is 1. The molecule has 1 atom stereocenters. The van der Waals surface area contributed by atoms with Crippen LogP contribution in [-0.4, -0.2) is 20.2 Å². The van der Waals surface area contributed by atoms with E-state index < -0.39 is 15.1 Å². The second-order valence-electron chi connectivity index (χ2n) is 3.12. The van der Waals surface area contributed by atoms with Crippen LogP contribution in [0.3, 0.4) is 0 Å². The predicted molar refractivity (Wildman–Crippen MR) is 57.5 cm³/mol. The van der Waals surface area contributed by atoms with E-state index >= 15 is 0 Å². The molecule has 15 heavy (non-hydrogen) atoms. The Labute approximate surface area is 92.5 Å². The molecule has 1 rings (SSSR count). The summed E-state index contributed by atoms with van der Waals surface area (Å²) in [6.45, 7) is 1.53. The maximum atomic E-state index is 11.5. The van der Waals surface area contributed by atoms with E-state index in [9.17, 15) is 13.2 Å². The van der Waals surface area contributed by atoms with Crippen molar-refractivity contribution in [1.29, 1.82) is 0 Å². The van der Waals surface area contributed by atoms with Crippen molar-refractivity contribution in [2.75, 3.05) is 0 Å². The van der Waals surface area contributed by atoms with E-state index in [1.54, 1.807) is 0 Å². The van der Waals surface area contributed by atoms with E-state index in [0.29, 0.717) is 0 Å². The highest BCUT2D eigenvalue weighted by atomic mass is 35.7. The van der Waals surface area contributed by atoms with Crippen LogP contribution in [-0.2, 0) is 9.05 Å². The molecule has 6 heteroatoms. The van der Waals surface area contributed by atoms with Crippen LogP contribution in [0.2, 0.25) is 0 Å². The van der Waals surface area contributed by atoms with E-state index in [-0.39, 0.29) is 16.2 Å². The molecule has 1 aromatic rings. The van der Waals surface area contributed by atoms with Crippen LogP contribution in [0.1, 0.15) is 17.3 Å². The molecule has 0 aliphatic rings. The molecule has 1 aromatic carbocycles. The zero-order valence-electron chi connectivity index (χ0n) is 7.98. The molecule has 0 aliphatic heterocycles. The third-order valence-corrected chi connectivity index (χ3v) is 3.17. The number of hydrogen-bond acceptors (Lipinski definition) is 4. The predicted octanol–water partition coefficient (Wildman–Crippen LogP) is 1.14. The number of hydrogen-bond donors (Lipinski definition) is 1. The molecular formula is C9H10ClNO3S. The lowest BCUT2D eigenvalue weighted by Gasteiger charge is -2.04. The van der Waals surface area contributed by atoms with Gasteiger partial charge in [-0.1, -0.05) is 12.1 Å². The van der Waals surface area contributed by atoms with Crippen molar-refractivity contribution in [2.24, 2.45) is 5.73 Å². The number of carbonyl (C=O) groups is 1. The second kappa shape index (κ2) is 4.30. The number of ketones is 1. The topological polar surface area (TPSA) is 77.2 Å². The van der Waals surface area contributed by atoms with Crippen LogP contribution in [0.5, 0.6) is 0 Å². The second-order valence-corrected chi connectivity index (χ2v) is 5.68. The lowest BCUT2D eigenvalue weighted by atomic mass is 10.1. The van der Waals surface area contributed by atoms with Gasteiger partial charge >= 0.3 is 0 Å². The van der Waals surface area contributed by atoms with Gasteiger partial charge in [-0.2, -0.15) is 0 Å². The average Bonchev–Trinajstić information content (AvgIpc) is 2.15. The normalized spacial score (nSPS) is 13.5. The molecule has 0 amide bonds. The minimum atomic E-state index is -3.81. The van der Waals surface area contributed by atoms with Crippen LogP contribution in [0, 0.1) is 0 Å². The molecule has 0 fully saturated rings. The first kappa shape index (κ1) is 12.2. The summed E-state index contributed by atoms with van der Waals surface area (Å²) in [6.07, 6.45) is 0. The minimum absolute atomic E-state index is 0.101. The van der Waals surface area contributed by atoms with Gasteiger partial charge in [0.15, 0.2) is 5.78 Å². The van der Waals surface area contributed by atoms with E-state index in [2.05, 4.69) is 0 Å². The highest BCUT2D eigenvalue weighted by molar-refractivity contribution is 8.13. The fourth-order valence-electron chi connectivity index (χ4n) is 1.06. The molecule has 0 bridgehead atoms. The Balaban J connectivity index is 3.20. The largest absolute Gasteiger partial charge is 0.321 e. The summed E-state index contributed by atoms with van der Waals surface area (Å²) in [5, 5.41) is 0. The van der Waals surface area contributed by atoms with Gasteiger partial charge in [-0.3, -0.25) is 4.79 Å². The van der Waals surface area contributed by atoms with Crippen LogP contribution < -0.4 is 5.73 Å². The van der Waals surface area contributed by atoms with Crippen LogP contribution >= 0.6 is 10.7 Å². The van der Waals surface area contributed by atoms with E-state index in [1.165, 1.54) is 31.2 Å². The number of halogens is 1. The van der Waals surface area contributed by atoms with Gasteiger partial charge < -0.3 is 5.73 Å². The summed E-state index contributed by atoms with van der Waals surface area (Å²) >= 11 is 0. The number of rotatable bonds is 3. The minimum Gasteiger partial charge on any atom is -0.321 e. The quantitative estimate of drug-likeness (QED) is 0.642. The average molecular weight is 248 g/mol. The van der Waals surface area contributed by atoms with Gasteiger partial charge in [-0.25, -0.2) is 8.42 Å². The third-order valence-electron chi connectivity index (χ3n) is 1.81. The fraction of sp³-hybridized carbons (Fsp3) is 0.222. The molecule has 82 valence electrons. The molecule has 4 nitrogen and oxygen atoms in total. The molecule has 2 N–H and O–H groups in total. The number of Topliss-reactive ketones (excluding diaryl/α,β-unsaturated/α-hetero) is 1. The molecule has 0 aromatic heterocycles. The lowest BCUT2D eigenvalue weighted by Crippen LogP contribution is -2.26. The van der Waals surface area contributed by atoms with Crippen molar-refractivity contribution >= 4 is 25.5 Å². The molecule has 0 radical (unpaired) electrons. The van der Waals surface area contributed by atoms with Gasteiger partial charge in [0.05, 0.1) is 10.9 Å². The van der Waals surface area contributed by atoms with E-state index in [1.807, 2.05) is 0 Å². The standard InChI is InChI=1S/C9H10ClNO3S/c1-6(11)9(12)7-3-2-4-8(5-7)15(10,13)14/h2-6H,11H2,1H3. The molecular weight excluding hydrogens is 238 g/mol. The fourth-order valence-corrected chi connectivity index (χ4v) is 1.86. The first-order chi connectivity index (χ1) is 6.82. The van der Waals surface area contributed by atoms with Crippen LogP contribution in [0.15, 0.2) is 29.2 Å². The van der Waals surface area contributed by atoms with Crippen LogP contribution in [0.25, 0.3) is 0 Å². The Kier molecular flexibility index (Phi) is 3.49. The van der Waals surface area contributed by atoms with Gasteiger partial charge in [0.2, 0.25) is 0 Å². The van der Waals surface area contributed by atoms with Crippen molar-refractivity contribution in [3.8, 4) is 0 Å². The SMILES string of the molecule is CC(N)C(=O)c1cccc(S(=O)(=O)Cl)c1. The van der Waals surface area contributed by atoms with Crippen LogP contribution in [0.4, 0.5) is 0 Å². The maximum absolute atomic E-state index is 11.5. The Bertz CT molecular complexity index is 482. The van der Waals surface area contributed by atoms with Gasteiger partial charge in [0.25, 0.3) is 9.05 Å². The van der Waals surface area contributed by atoms with Gasteiger partial charge in [0.1, 0.15) is 0 Å². The molecule has 0 saturated carbocycles. The Morgan fingerprint density at radius 2 is 2.07 bits per heavy atom. The highest BCUT2D eigenvalue weighted by Crippen LogP contribution is 2.16. The molecule has 1 unspecified atom stereocenters. The van der Waals surface area contributed by atoms with Crippen molar-refractivity contribution in [1.82, 2.24) is 0 Å². The summed E-state index contributed by atoms with van der Waals surface area (Å²) in [7, 11) is 1.34. The monoisotopic (exact) mass is 247 g/mol.